The van der Waals surface area contributed by atoms with Gasteiger partial charge in [0.1, 0.15) is 0 Å². The van der Waals surface area contributed by atoms with Crippen LogP contribution in [-0.2, 0) is 16.3 Å². The van der Waals surface area contributed by atoms with Crippen LogP contribution in [0.25, 0.3) is 0 Å². The van der Waals surface area contributed by atoms with Gasteiger partial charge in [-0.25, -0.2) is 8.42 Å². The quantitative estimate of drug-likeness (QED) is 0.798. The molecule has 2 N–H and O–H groups in total. The number of nitrogen functional groups attached to an aromatic ring is 1. The lowest BCUT2D eigenvalue weighted by molar-refractivity contribution is 0.484. The van der Waals surface area contributed by atoms with Crippen molar-refractivity contribution in [2.45, 2.75) is 19.3 Å². The zero-order valence-electron chi connectivity index (χ0n) is 9.22. The molecule has 2 rings (SSSR count). The van der Waals surface area contributed by atoms with Crippen LogP contribution in [0, 0.1) is 5.92 Å². The molecule has 1 unspecified atom stereocenters. The molecule has 4 heteroatoms. The van der Waals surface area contributed by atoms with E-state index in [0.29, 0.717) is 11.5 Å². The SMILES string of the molecule is Nc1ccccc1CC1CCCS(=O)(=O)C1. The first-order chi connectivity index (χ1) is 7.57. The Morgan fingerprint density at radius 1 is 1.31 bits per heavy atom. The molecule has 0 saturated carbocycles. The highest BCUT2D eigenvalue weighted by atomic mass is 32.2. The van der Waals surface area contributed by atoms with Crippen LogP contribution in [-0.4, -0.2) is 19.9 Å². The number of hydrogen-bond acceptors (Lipinski definition) is 3. The van der Waals surface area contributed by atoms with E-state index < -0.39 is 9.84 Å². The van der Waals surface area contributed by atoms with E-state index in [9.17, 15) is 8.42 Å². The van der Waals surface area contributed by atoms with Crippen LogP contribution >= 0.6 is 0 Å². The highest BCUT2D eigenvalue weighted by molar-refractivity contribution is 7.91. The molecule has 1 saturated heterocycles. The van der Waals surface area contributed by atoms with Crippen LogP contribution in [0.2, 0.25) is 0 Å². The van der Waals surface area contributed by atoms with Gasteiger partial charge in [-0.2, -0.15) is 0 Å². The minimum Gasteiger partial charge on any atom is -0.399 e. The summed E-state index contributed by atoms with van der Waals surface area (Å²) in [4.78, 5) is 0. The Labute approximate surface area is 96.6 Å². The van der Waals surface area contributed by atoms with Gasteiger partial charge in [0, 0.05) is 5.69 Å². The van der Waals surface area contributed by atoms with Gasteiger partial charge in [-0.3, -0.25) is 0 Å². The molecule has 0 bridgehead atoms. The first-order valence-corrected chi connectivity index (χ1v) is 7.43. The van der Waals surface area contributed by atoms with Gasteiger partial charge in [-0.15, -0.1) is 0 Å². The molecule has 1 aliphatic rings. The van der Waals surface area contributed by atoms with Crippen molar-refractivity contribution < 1.29 is 8.42 Å². The fourth-order valence-electron chi connectivity index (χ4n) is 2.31. The molecule has 0 aliphatic carbocycles. The molecule has 0 spiro atoms. The minimum atomic E-state index is -2.81. The van der Waals surface area contributed by atoms with Crippen LogP contribution in [0.15, 0.2) is 24.3 Å². The van der Waals surface area contributed by atoms with Crippen molar-refractivity contribution in [3.8, 4) is 0 Å². The fourth-order valence-corrected chi connectivity index (χ4v) is 4.09. The molecule has 1 aromatic rings. The zero-order valence-corrected chi connectivity index (χ0v) is 10.0. The number of nitrogens with two attached hydrogens (primary N) is 1. The van der Waals surface area contributed by atoms with Gasteiger partial charge in [0.05, 0.1) is 11.5 Å². The van der Waals surface area contributed by atoms with E-state index in [2.05, 4.69) is 0 Å². The third-order valence-electron chi connectivity index (χ3n) is 3.12. The summed E-state index contributed by atoms with van der Waals surface area (Å²) < 4.78 is 23.0. The highest BCUT2D eigenvalue weighted by Gasteiger charge is 2.25. The summed E-state index contributed by atoms with van der Waals surface area (Å²) in [5, 5.41) is 0. The molecule has 1 aliphatic heterocycles. The van der Waals surface area contributed by atoms with Crippen LogP contribution in [0.4, 0.5) is 5.69 Å². The molecule has 0 radical (unpaired) electrons. The van der Waals surface area contributed by atoms with Crippen molar-refractivity contribution in [2.24, 2.45) is 5.92 Å². The minimum absolute atomic E-state index is 0.239. The molecule has 1 atom stereocenters. The van der Waals surface area contributed by atoms with Crippen molar-refractivity contribution in [1.82, 2.24) is 0 Å². The lowest BCUT2D eigenvalue weighted by Crippen LogP contribution is -2.26. The maximum Gasteiger partial charge on any atom is 0.150 e. The van der Waals surface area contributed by atoms with E-state index in [0.717, 1.165) is 30.5 Å². The Bertz CT molecular complexity index is 468. The Hall–Kier alpha value is -1.03. The fraction of sp³-hybridized carbons (Fsp3) is 0.500. The molecule has 1 aromatic carbocycles. The summed E-state index contributed by atoms with van der Waals surface area (Å²) in [7, 11) is -2.81. The summed E-state index contributed by atoms with van der Waals surface area (Å²) >= 11 is 0. The van der Waals surface area contributed by atoms with Gasteiger partial charge in [-0.05, 0) is 36.8 Å². The van der Waals surface area contributed by atoms with Gasteiger partial charge >= 0.3 is 0 Å². The summed E-state index contributed by atoms with van der Waals surface area (Å²) in [6.07, 6.45) is 2.57. The molecule has 0 aromatic heterocycles. The first-order valence-electron chi connectivity index (χ1n) is 5.61. The average molecular weight is 239 g/mol. The highest BCUT2D eigenvalue weighted by Crippen LogP contribution is 2.24. The molecule has 1 heterocycles. The van der Waals surface area contributed by atoms with E-state index >= 15 is 0 Å². The second-order valence-electron chi connectivity index (χ2n) is 4.53. The van der Waals surface area contributed by atoms with Crippen molar-refractivity contribution in [3.05, 3.63) is 29.8 Å². The predicted octanol–water partition coefficient (Wildman–Crippen LogP) is 1.64. The van der Waals surface area contributed by atoms with Crippen molar-refractivity contribution in [1.29, 1.82) is 0 Å². The summed E-state index contributed by atoms with van der Waals surface area (Å²) in [6, 6.07) is 7.70. The molecule has 16 heavy (non-hydrogen) atoms. The van der Waals surface area contributed by atoms with Gasteiger partial charge in [-0.1, -0.05) is 18.2 Å². The van der Waals surface area contributed by atoms with E-state index in [1.165, 1.54) is 0 Å². The van der Waals surface area contributed by atoms with Crippen LogP contribution < -0.4 is 5.73 Å². The number of para-hydroxylation sites is 1. The number of benzene rings is 1. The standard InChI is InChI=1S/C12H17NO2S/c13-12-6-2-1-5-11(12)8-10-4-3-7-16(14,15)9-10/h1-2,5-6,10H,3-4,7-9,13H2. The third kappa shape index (κ3) is 2.76. The van der Waals surface area contributed by atoms with Gasteiger partial charge in [0.2, 0.25) is 0 Å². The Morgan fingerprint density at radius 2 is 2.06 bits per heavy atom. The normalized spacial score (nSPS) is 24.1. The van der Waals surface area contributed by atoms with Crippen molar-refractivity contribution in [3.63, 3.8) is 0 Å². The first kappa shape index (κ1) is 11.5. The van der Waals surface area contributed by atoms with E-state index in [1.807, 2.05) is 24.3 Å². The molecular formula is C12H17NO2S. The van der Waals surface area contributed by atoms with E-state index in [1.54, 1.807) is 0 Å². The number of sulfone groups is 1. The predicted molar refractivity (Wildman–Crippen MR) is 65.9 cm³/mol. The zero-order chi connectivity index (χ0) is 11.6. The second-order valence-corrected chi connectivity index (χ2v) is 6.75. The van der Waals surface area contributed by atoms with E-state index in [4.69, 9.17) is 5.73 Å². The number of rotatable bonds is 2. The average Bonchev–Trinajstić information content (AvgIpc) is 2.20. The van der Waals surface area contributed by atoms with Crippen LogP contribution in [0.5, 0.6) is 0 Å². The number of anilines is 1. The molecule has 88 valence electrons. The molecule has 3 nitrogen and oxygen atoms in total. The monoisotopic (exact) mass is 239 g/mol. The van der Waals surface area contributed by atoms with Gasteiger partial charge < -0.3 is 5.73 Å². The largest absolute Gasteiger partial charge is 0.399 e. The Kier molecular flexibility index (Phi) is 3.19. The second kappa shape index (κ2) is 4.45. The lowest BCUT2D eigenvalue weighted by Gasteiger charge is -2.22. The van der Waals surface area contributed by atoms with Gasteiger partial charge in [0.25, 0.3) is 0 Å². The van der Waals surface area contributed by atoms with E-state index in [-0.39, 0.29) is 5.92 Å². The molecule has 0 amide bonds. The van der Waals surface area contributed by atoms with Crippen LogP contribution in [0.3, 0.4) is 0 Å². The molecular weight excluding hydrogens is 222 g/mol. The molecule has 1 fully saturated rings. The topological polar surface area (TPSA) is 60.2 Å². The van der Waals surface area contributed by atoms with Crippen molar-refractivity contribution in [2.75, 3.05) is 17.2 Å². The van der Waals surface area contributed by atoms with Gasteiger partial charge in [0.15, 0.2) is 9.84 Å². The number of hydrogen-bond donors (Lipinski definition) is 1. The summed E-state index contributed by atoms with van der Waals surface area (Å²) in [5.41, 5.74) is 7.70. The van der Waals surface area contributed by atoms with Crippen LogP contribution in [0.1, 0.15) is 18.4 Å². The van der Waals surface area contributed by atoms with Crippen molar-refractivity contribution >= 4 is 15.5 Å². The summed E-state index contributed by atoms with van der Waals surface area (Å²) in [5.74, 6) is 0.915. The smallest absolute Gasteiger partial charge is 0.150 e. The maximum absolute atomic E-state index is 11.5. The Morgan fingerprint density at radius 3 is 2.75 bits per heavy atom. The third-order valence-corrected chi connectivity index (χ3v) is 5.01. The summed E-state index contributed by atoms with van der Waals surface area (Å²) in [6.45, 7) is 0. The lowest BCUT2D eigenvalue weighted by atomic mass is 9.95. The maximum atomic E-state index is 11.5. The Balaban J connectivity index is 2.08.